The number of nitrogens with one attached hydrogen (secondary N) is 1. The molecule has 8 heteroatoms. The van der Waals surface area contributed by atoms with E-state index in [1.54, 1.807) is 18.2 Å². The third kappa shape index (κ3) is 3.91. The minimum atomic E-state index is 0.379. The van der Waals surface area contributed by atoms with Crippen LogP contribution < -0.4 is 5.43 Å². The van der Waals surface area contributed by atoms with Gasteiger partial charge in [0.05, 0.1) is 26.3 Å². The van der Waals surface area contributed by atoms with Crippen molar-refractivity contribution in [1.82, 2.24) is 0 Å². The maximum atomic E-state index is 6.00. The molecular formula is C11H5Cl5N2S. The summed E-state index contributed by atoms with van der Waals surface area (Å²) < 4.78 is 1.15. The molecule has 0 radical (unpaired) electrons. The zero-order valence-corrected chi connectivity index (χ0v) is 13.7. The smallest absolute Gasteiger partial charge is 0.103 e. The normalized spacial score (nSPS) is 11.2. The lowest BCUT2D eigenvalue weighted by atomic mass is 10.3. The third-order valence-electron chi connectivity index (χ3n) is 2.07. The van der Waals surface area contributed by atoms with Crippen LogP contribution in [0.4, 0.5) is 5.69 Å². The number of thiophene rings is 1. The number of benzene rings is 1. The van der Waals surface area contributed by atoms with Crippen LogP contribution in [-0.4, -0.2) is 6.21 Å². The molecule has 0 aliphatic heterocycles. The summed E-state index contributed by atoms with van der Waals surface area (Å²) in [5.41, 5.74) is 3.93. The number of anilines is 1. The molecule has 1 N–H and O–H groups in total. The van der Waals surface area contributed by atoms with Gasteiger partial charge in [-0.05, 0) is 18.2 Å². The van der Waals surface area contributed by atoms with Crippen LogP contribution in [0.15, 0.2) is 23.3 Å². The minimum Gasteiger partial charge on any atom is -0.275 e. The highest BCUT2D eigenvalue weighted by Crippen LogP contribution is 2.34. The van der Waals surface area contributed by atoms with Crippen molar-refractivity contribution >= 4 is 81.2 Å². The van der Waals surface area contributed by atoms with Crippen molar-refractivity contribution in [2.75, 3.05) is 5.43 Å². The molecule has 19 heavy (non-hydrogen) atoms. The van der Waals surface area contributed by atoms with E-state index >= 15 is 0 Å². The van der Waals surface area contributed by atoms with E-state index in [9.17, 15) is 0 Å². The second-order valence-electron chi connectivity index (χ2n) is 3.39. The Balaban J connectivity index is 2.17. The quantitative estimate of drug-likeness (QED) is 0.484. The Kier molecular flexibility index (Phi) is 5.23. The van der Waals surface area contributed by atoms with E-state index in [2.05, 4.69) is 10.5 Å². The van der Waals surface area contributed by atoms with Gasteiger partial charge >= 0.3 is 0 Å². The van der Waals surface area contributed by atoms with Crippen LogP contribution in [0, 0.1) is 0 Å². The summed E-state index contributed by atoms with van der Waals surface area (Å²) in [5.74, 6) is 0. The summed E-state index contributed by atoms with van der Waals surface area (Å²) in [6, 6.07) is 4.85. The van der Waals surface area contributed by atoms with Gasteiger partial charge in [0.15, 0.2) is 0 Å². The Hall–Kier alpha value is -0.160. The zero-order chi connectivity index (χ0) is 14.0. The molecule has 0 amide bonds. The van der Waals surface area contributed by atoms with Gasteiger partial charge in [0.1, 0.15) is 4.34 Å². The molecule has 2 aromatic rings. The molecule has 1 heterocycles. The van der Waals surface area contributed by atoms with Crippen LogP contribution in [0.5, 0.6) is 0 Å². The van der Waals surface area contributed by atoms with Gasteiger partial charge in [-0.25, -0.2) is 0 Å². The van der Waals surface area contributed by atoms with E-state index in [1.165, 1.54) is 17.6 Å². The van der Waals surface area contributed by atoms with Crippen LogP contribution in [0.2, 0.25) is 23.7 Å². The number of nitrogens with zero attached hydrogens (tertiary/aromatic N) is 1. The Morgan fingerprint density at radius 1 is 1.00 bits per heavy atom. The van der Waals surface area contributed by atoms with Crippen molar-refractivity contribution in [1.29, 1.82) is 0 Å². The van der Waals surface area contributed by atoms with Gasteiger partial charge in [0.2, 0.25) is 0 Å². The first-order valence-corrected chi connectivity index (χ1v) is 7.56. The van der Waals surface area contributed by atoms with Gasteiger partial charge in [0.25, 0.3) is 0 Å². The summed E-state index contributed by atoms with van der Waals surface area (Å²) in [4.78, 5) is 0. The molecular weight excluding hydrogens is 369 g/mol. The topological polar surface area (TPSA) is 24.4 Å². The van der Waals surface area contributed by atoms with Gasteiger partial charge in [-0.2, -0.15) is 5.10 Å². The largest absolute Gasteiger partial charge is 0.275 e. The van der Waals surface area contributed by atoms with Crippen LogP contribution in [0.1, 0.15) is 5.56 Å². The van der Waals surface area contributed by atoms with Crippen LogP contribution in [0.3, 0.4) is 0 Å². The fraction of sp³-hybridized carbons (Fsp3) is 0. The summed E-state index contributed by atoms with van der Waals surface area (Å²) in [6.07, 6.45) is 1.53. The molecule has 0 spiro atoms. The molecule has 0 unspecified atom stereocenters. The molecule has 2 nitrogen and oxygen atoms in total. The molecule has 2 rings (SSSR count). The monoisotopic (exact) mass is 372 g/mol. The van der Waals surface area contributed by atoms with Gasteiger partial charge in [-0.15, -0.1) is 11.3 Å². The third-order valence-corrected chi connectivity index (χ3v) is 4.40. The minimum absolute atomic E-state index is 0.379. The summed E-state index contributed by atoms with van der Waals surface area (Å²) >= 11 is 30.9. The first-order valence-electron chi connectivity index (χ1n) is 4.86. The lowest BCUT2D eigenvalue weighted by Gasteiger charge is -2.06. The molecule has 0 aliphatic carbocycles. The fourth-order valence-electron chi connectivity index (χ4n) is 1.26. The predicted molar refractivity (Wildman–Crippen MR) is 87.0 cm³/mol. The van der Waals surface area contributed by atoms with Crippen LogP contribution in [-0.2, 0) is 0 Å². The Bertz CT molecular complexity index is 615. The SMILES string of the molecule is Clc1cc(Cl)c(NN=Cc2cc(Cl)sc2Cl)c(Cl)c1. The average Bonchev–Trinajstić information content (AvgIpc) is 2.61. The number of halogens is 5. The van der Waals surface area contributed by atoms with Crippen LogP contribution in [0.25, 0.3) is 0 Å². The highest BCUT2D eigenvalue weighted by atomic mass is 35.5. The van der Waals surface area contributed by atoms with Crippen molar-refractivity contribution in [3.63, 3.8) is 0 Å². The molecule has 0 bridgehead atoms. The Labute approximate surface area is 138 Å². The highest BCUT2D eigenvalue weighted by Gasteiger charge is 2.07. The van der Waals surface area contributed by atoms with E-state index in [0.29, 0.717) is 35.0 Å². The Morgan fingerprint density at radius 2 is 1.63 bits per heavy atom. The molecule has 0 atom stereocenters. The second-order valence-corrected chi connectivity index (χ2v) is 6.93. The van der Waals surface area contributed by atoms with Gasteiger partial charge in [-0.1, -0.05) is 58.0 Å². The Morgan fingerprint density at radius 3 is 2.16 bits per heavy atom. The van der Waals surface area contributed by atoms with E-state index in [4.69, 9.17) is 58.0 Å². The molecule has 0 fully saturated rings. The van der Waals surface area contributed by atoms with Crippen molar-refractivity contribution in [3.8, 4) is 0 Å². The van der Waals surface area contributed by atoms with Gasteiger partial charge in [0, 0.05) is 10.6 Å². The molecule has 100 valence electrons. The molecule has 1 aromatic heterocycles. The van der Waals surface area contributed by atoms with Crippen molar-refractivity contribution in [2.24, 2.45) is 5.10 Å². The van der Waals surface area contributed by atoms with Gasteiger partial charge in [-0.3, -0.25) is 5.43 Å². The summed E-state index contributed by atoms with van der Waals surface area (Å²) in [6.45, 7) is 0. The number of hydrazone groups is 1. The number of hydrogen-bond acceptors (Lipinski definition) is 3. The van der Waals surface area contributed by atoms with Crippen LogP contribution >= 0.6 is 69.3 Å². The first-order chi connectivity index (χ1) is 8.97. The molecule has 0 aliphatic rings. The fourth-order valence-corrected chi connectivity index (χ4v) is 3.56. The second kappa shape index (κ2) is 6.53. The van der Waals surface area contributed by atoms with Gasteiger partial charge < -0.3 is 0 Å². The summed E-state index contributed by atoms with van der Waals surface area (Å²) in [5, 5.41) is 5.23. The molecule has 0 saturated heterocycles. The van der Waals surface area contributed by atoms with E-state index < -0.39 is 0 Å². The van der Waals surface area contributed by atoms with Crippen molar-refractivity contribution in [3.05, 3.63) is 47.5 Å². The standard InChI is InChI=1S/C11H5Cl5N2S/c12-6-2-7(13)10(8(14)3-6)18-17-4-5-1-9(15)19-11(5)16/h1-4,18H. The first kappa shape index (κ1) is 15.2. The van der Waals surface area contributed by atoms with E-state index in [0.717, 1.165) is 0 Å². The highest BCUT2D eigenvalue weighted by molar-refractivity contribution is 7.20. The lowest BCUT2D eigenvalue weighted by Crippen LogP contribution is -1.92. The predicted octanol–water partition coefficient (Wildman–Crippen LogP) is 6.46. The number of rotatable bonds is 3. The van der Waals surface area contributed by atoms with E-state index in [1.807, 2.05) is 0 Å². The summed E-state index contributed by atoms with van der Waals surface area (Å²) in [7, 11) is 0. The molecule has 0 saturated carbocycles. The average molecular weight is 375 g/mol. The van der Waals surface area contributed by atoms with Crippen molar-refractivity contribution < 1.29 is 0 Å². The number of hydrogen-bond donors (Lipinski definition) is 1. The lowest BCUT2D eigenvalue weighted by molar-refractivity contribution is 1.35. The zero-order valence-electron chi connectivity index (χ0n) is 9.05. The molecule has 1 aromatic carbocycles. The van der Waals surface area contributed by atoms with Crippen molar-refractivity contribution in [2.45, 2.75) is 0 Å². The van der Waals surface area contributed by atoms with E-state index in [-0.39, 0.29) is 0 Å². The maximum Gasteiger partial charge on any atom is 0.103 e. The maximum absolute atomic E-state index is 6.00.